The van der Waals surface area contributed by atoms with E-state index in [0.717, 1.165) is 39.1 Å². The molecule has 1 aliphatic rings. The van der Waals surface area contributed by atoms with Gasteiger partial charge in [0.05, 0.1) is 12.2 Å². The third-order valence-electron chi connectivity index (χ3n) is 4.07. The number of carbonyl (C=O) groups is 1. The summed E-state index contributed by atoms with van der Waals surface area (Å²) in [7, 11) is 0. The fraction of sp³-hybridized carbons (Fsp3) is 0.400. The summed E-state index contributed by atoms with van der Waals surface area (Å²) in [6.07, 6.45) is 4.98. The Labute approximate surface area is 139 Å². The van der Waals surface area contributed by atoms with Crippen molar-refractivity contribution < 1.29 is 9.90 Å². The molecule has 1 aromatic heterocycles. The number of carbonyl (C=O) groups excluding carboxylic acids is 1. The molecule has 1 aromatic carbocycles. The minimum absolute atomic E-state index is 0.000161. The van der Waals surface area contributed by atoms with Crippen molar-refractivity contribution in [1.29, 1.82) is 0 Å². The van der Waals surface area contributed by atoms with Gasteiger partial charge in [-0.3, -0.25) is 4.79 Å². The van der Waals surface area contributed by atoms with Crippen LogP contribution in [-0.4, -0.2) is 40.1 Å². The number of amides is 1. The largest absolute Gasteiger partial charge is 0.395 e. The molecule has 0 radical (unpaired) electrons. The predicted octanol–water partition coefficient (Wildman–Crippen LogP) is 3.68. The maximum Gasteiger partial charge on any atom is 0.256 e. The fourth-order valence-electron chi connectivity index (χ4n) is 2.70. The minimum Gasteiger partial charge on any atom is -0.395 e. The Kier molecular flexibility index (Phi) is 4.38. The molecule has 1 saturated carbocycles. The SMILES string of the molecule is O=C(c1c[nH]c2cc(Br)c(Br)cc12)N(CCO)C1CCC1. The molecule has 3 rings (SSSR count). The number of hydrogen-bond acceptors (Lipinski definition) is 2. The number of fused-ring (bicyclic) bond motifs is 1. The molecule has 0 saturated heterocycles. The standard InChI is InChI=1S/C15H16Br2N2O2/c16-12-6-10-11(8-18-14(10)7-13(12)17)15(21)19(4-5-20)9-2-1-3-9/h6-9,18,20H,1-5H2. The normalized spacial score (nSPS) is 15.2. The van der Waals surface area contributed by atoms with Crippen LogP contribution in [0.15, 0.2) is 27.3 Å². The molecule has 2 N–H and O–H groups in total. The van der Waals surface area contributed by atoms with Crippen molar-refractivity contribution in [1.82, 2.24) is 9.88 Å². The highest BCUT2D eigenvalue weighted by Crippen LogP contribution is 2.32. The van der Waals surface area contributed by atoms with Gasteiger partial charge in [0.25, 0.3) is 5.91 Å². The van der Waals surface area contributed by atoms with Crippen LogP contribution >= 0.6 is 31.9 Å². The topological polar surface area (TPSA) is 56.3 Å². The second-order valence-corrected chi connectivity index (χ2v) is 7.03. The lowest BCUT2D eigenvalue weighted by atomic mass is 9.91. The molecule has 1 amide bonds. The van der Waals surface area contributed by atoms with Crippen LogP contribution in [0.3, 0.4) is 0 Å². The molecule has 0 aliphatic heterocycles. The number of halogens is 2. The van der Waals surface area contributed by atoms with Gasteiger partial charge in [-0.15, -0.1) is 0 Å². The van der Waals surface area contributed by atoms with E-state index in [0.29, 0.717) is 12.1 Å². The molecule has 112 valence electrons. The third kappa shape index (κ3) is 2.76. The Morgan fingerprint density at radius 3 is 2.67 bits per heavy atom. The minimum atomic E-state index is -0.00535. The maximum atomic E-state index is 12.8. The fourth-order valence-corrected chi connectivity index (χ4v) is 3.39. The highest BCUT2D eigenvalue weighted by Gasteiger charge is 2.30. The predicted molar refractivity (Wildman–Crippen MR) is 89.5 cm³/mol. The van der Waals surface area contributed by atoms with Crippen LogP contribution in [0.1, 0.15) is 29.6 Å². The molecule has 6 heteroatoms. The molecule has 1 aliphatic carbocycles. The lowest BCUT2D eigenvalue weighted by Gasteiger charge is -2.37. The number of hydrogen-bond donors (Lipinski definition) is 2. The lowest BCUT2D eigenvalue weighted by molar-refractivity contribution is 0.0528. The van der Waals surface area contributed by atoms with Crippen molar-refractivity contribution in [3.05, 3.63) is 32.8 Å². The number of benzene rings is 1. The molecule has 0 spiro atoms. The lowest BCUT2D eigenvalue weighted by Crippen LogP contribution is -2.45. The third-order valence-corrected chi connectivity index (χ3v) is 5.91. The van der Waals surface area contributed by atoms with Gasteiger partial charge in [0.1, 0.15) is 0 Å². The molecule has 4 nitrogen and oxygen atoms in total. The van der Waals surface area contributed by atoms with Gasteiger partial charge >= 0.3 is 0 Å². The van der Waals surface area contributed by atoms with Crippen molar-refractivity contribution >= 4 is 48.7 Å². The van der Waals surface area contributed by atoms with Crippen LogP contribution in [0.25, 0.3) is 10.9 Å². The molecule has 1 heterocycles. The molecule has 0 bridgehead atoms. The molecule has 21 heavy (non-hydrogen) atoms. The summed E-state index contributed by atoms with van der Waals surface area (Å²) < 4.78 is 1.86. The first-order chi connectivity index (χ1) is 10.1. The zero-order chi connectivity index (χ0) is 15.0. The molecule has 1 fully saturated rings. The summed E-state index contributed by atoms with van der Waals surface area (Å²) in [6.45, 7) is 0.397. The summed E-state index contributed by atoms with van der Waals surface area (Å²) in [6, 6.07) is 4.17. The van der Waals surface area contributed by atoms with Crippen molar-refractivity contribution in [3.8, 4) is 0 Å². The summed E-state index contributed by atoms with van der Waals surface area (Å²) in [5.74, 6) is -0.00535. The first-order valence-corrected chi connectivity index (χ1v) is 8.58. The zero-order valence-electron chi connectivity index (χ0n) is 11.4. The number of aliphatic hydroxyl groups excluding tert-OH is 1. The van der Waals surface area contributed by atoms with Gasteiger partial charge in [0, 0.05) is 38.6 Å². The number of aromatic amines is 1. The summed E-state index contributed by atoms with van der Waals surface area (Å²) in [4.78, 5) is 17.8. The smallest absolute Gasteiger partial charge is 0.256 e. The first-order valence-electron chi connectivity index (χ1n) is 6.99. The van der Waals surface area contributed by atoms with E-state index >= 15 is 0 Å². The number of aromatic nitrogens is 1. The van der Waals surface area contributed by atoms with Gasteiger partial charge in [-0.05, 0) is 63.3 Å². The van der Waals surface area contributed by atoms with E-state index in [1.165, 1.54) is 0 Å². The van der Waals surface area contributed by atoms with E-state index in [1.807, 2.05) is 17.0 Å². The van der Waals surface area contributed by atoms with Crippen LogP contribution < -0.4 is 0 Å². The Morgan fingerprint density at radius 2 is 2.05 bits per heavy atom. The van der Waals surface area contributed by atoms with Crippen LogP contribution in [0.4, 0.5) is 0 Å². The number of H-pyrrole nitrogens is 1. The Bertz CT molecular complexity index is 680. The van der Waals surface area contributed by atoms with Crippen LogP contribution in [-0.2, 0) is 0 Å². The van der Waals surface area contributed by atoms with E-state index in [4.69, 9.17) is 0 Å². The van der Waals surface area contributed by atoms with Gasteiger partial charge in [0.15, 0.2) is 0 Å². The number of nitrogens with one attached hydrogen (secondary N) is 1. The quantitative estimate of drug-likeness (QED) is 0.800. The Balaban J connectivity index is 1.98. The molecule has 0 atom stereocenters. The maximum absolute atomic E-state index is 12.8. The highest BCUT2D eigenvalue weighted by molar-refractivity contribution is 9.13. The van der Waals surface area contributed by atoms with Crippen LogP contribution in [0.5, 0.6) is 0 Å². The number of aliphatic hydroxyl groups is 1. The second-order valence-electron chi connectivity index (χ2n) is 5.32. The molecular weight excluding hydrogens is 400 g/mol. The number of rotatable bonds is 4. The average molecular weight is 416 g/mol. The monoisotopic (exact) mass is 414 g/mol. The zero-order valence-corrected chi connectivity index (χ0v) is 14.6. The van der Waals surface area contributed by atoms with E-state index < -0.39 is 0 Å². The summed E-state index contributed by atoms with van der Waals surface area (Å²) >= 11 is 6.94. The van der Waals surface area contributed by atoms with Crippen molar-refractivity contribution in [2.45, 2.75) is 25.3 Å². The van der Waals surface area contributed by atoms with E-state index in [9.17, 15) is 9.90 Å². The van der Waals surface area contributed by atoms with Gasteiger partial charge in [-0.2, -0.15) is 0 Å². The van der Waals surface area contributed by atoms with Crippen molar-refractivity contribution in [2.24, 2.45) is 0 Å². The second kappa shape index (κ2) is 6.10. The molecular formula is C15H16Br2N2O2. The highest BCUT2D eigenvalue weighted by atomic mass is 79.9. The number of nitrogens with zero attached hydrogens (tertiary/aromatic N) is 1. The Morgan fingerprint density at radius 1 is 1.33 bits per heavy atom. The van der Waals surface area contributed by atoms with E-state index in [-0.39, 0.29) is 18.6 Å². The van der Waals surface area contributed by atoms with Crippen molar-refractivity contribution in [2.75, 3.05) is 13.2 Å². The Hall–Kier alpha value is -0.850. The van der Waals surface area contributed by atoms with E-state index in [1.54, 1.807) is 6.20 Å². The van der Waals surface area contributed by atoms with E-state index in [2.05, 4.69) is 36.8 Å². The van der Waals surface area contributed by atoms with Crippen molar-refractivity contribution in [3.63, 3.8) is 0 Å². The van der Waals surface area contributed by atoms with Crippen LogP contribution in [0.2, 0.25) is 0 Å². The van der Waals surface area contributed by atoms with Gasteiger partial charge in [0.2, 0.25) is 0 Å². The summed E-state index contributed by atoms with van der Waals surface area (Å²) in [5.41, 5.74) is 1.59. The van der Waals surface area contributed by atoms with Gasteiger partial charge in [-0.1, -0.05) is 0 Å². The average Bonchev–Trinajstić information content (AvgIpc) is 2.79. The molecule has 2 aromatic rings. The summed E-state index contributed by atoms with van der Waals surface area (Å²) in [5, 5.41) is 10.1. The van der Waals surface area contributed by atoms with Gasteiger partial charge < -0.3 is 15.0 Å². The van der Waals surface area contributed by atoms with Gasteiger partial charge in [-0.25, -0.2) is 0 Å². The first kappa shape index (κ1) is 15.1. The molecule has 0 unspecified atom stereocenters. The van der Waals surface area contributed by atoms with Crippen LogP contribution in [0, 0.1) is 0 Å².